The van der Waals surface area contributed by atoms with E-state index in [1.165, 1.54) is 56.6 Å². The number of piperazine rings is 1. The molecular formula is C16H27N5. The molecule has 3 heterocycles. The van der Waals surface area contributed by atoms with Gasteiger partial charge in [0, 0.05) is 38.1 Å². The highest BCUT2D eigenvalue weighted by atomic mass is 15.3. The second-order valence-corrected chi connectivity index (χ2v) is 7.02. The van der Waals surface area contributed by atoms with Crippen LogP contribution in [0.4, 0.5) is 0 Å². The minimum absolute atomic E-state index is 0.386. The van der Waals surface area contributed by atoms with Crippen molar-refractivity contribution in [3.05, 3.63) is 11.6 Å². The van der Waals surface area contributed by atoms with E-state index in [1.54, 1.807) is 0 Å². The molecule has 21 heavy (non-hydrogen) atoms. The first kappa shape index (κ1) is 13.7. The number of fused-ring (bicyclic) bond motifs is 1. The van der Waals surface area contributed by atoms with Crippen LogP contribution in [0, 0.1) is 0 Å². The summed E-state index contributed by atoms with van der Waals surface area (Å²) in [6, 6.07) is 0. The maximum absolute atomic E-state index is 4.52. The van der Waals surface area contributed by atoms with Crippen LogP contribution in [-0.4, -0.2) is 44.8 Å². The van der Waals surface area contributed by atoms with Crippen LogP contribution in [0.1, 0.15) is 56.6 Å². The zero-order valence-corrected chi connectivity index (χ0v) is 13.0. The highest BCUT2D eigenvalue weighted by Gasteiger charge is 2.40. The van der Waals surface area contributed by atoms with Crippen LogP contribution >= 0.6 is 0 Å². The normalized spacial score (nSPS) is 25.9. The summed E-state index contributed by atoms with van der Waals surface area (Å²) in [4.78, 5) is 2.72. The number of aromatic nitrogens is 3. The summed E-state index contributed by atoms with van der Waals surface area (Å²) in [6.45, 7) is 5.55. The monoisotopic (exact) mass is 289 g/mol. The molecule has 0 radical (unpaired) electrons. The fraction of sp³-hybridized carbons (Fsp3) is 0.875. The number of hydrogen-bond acceptors (Lipinski definition) is 4. The number of hydrogen-bond donors (Lipinski definition) is 1. The molecule has 0 amide bonds. The molecule has 0 bridgehead atoms. The van der Waals surface area contributed by atoms with Crippen LogP contribution in [-0.2, 0) is 19.5 Å². The molecule has 116 valence electrons. The molecule has 2 aliphatic heterocycles. The first-order chi connectivity index (χ1) is 10.4. The standard InChI is InChI=1S/C16H27N5/c1-3-7-16(8-4-1)13-17-9-11-20(16)12-15-19-18-14-6-2-5-10-21(14)15/h17H,1-13H2. The predicted molar refractivity (Wildman–Crippen MR) is 82.1 cm³/mol. The van der Waals surface area contributed by atoms with Gasteiger partial charge in [0.1, 0.15) is 11.6 Å². The fourth-order valence-corrected chi connectivity index (χ4v) is 4.49. The lowest BCUT2D eigenvalue weighted by molar-refractivity contribution is 0.0179. The summed E-state index contributed by atoms with van der Waals surface area (Å²) in [5, 5.41) is 12.6. The van der Waals surface area contributed by atoms with Crippen LogP contribution in [0.5, 0.6) is 0 Å². The van der Waals surface area contributed by atoms with Crippen LogP contribution in [0.25, 0.3) is 0 Å². The lowest BCUT2D eigenvalue weighted by atomic mass is 9.79. The highest BCUT2D eigenvalue weighted by molar-refractivity contribution is 5.03. The Kier molecular flexibility index (Phi) is 3.71. The van der Waals surface area contributed by atoms with Crippen molar-refractivity contribution in [1.82, 2.24) is 25.0 Å². The Morgan fingerprint density at radius 2 is 1.90 bits per heavy atom. The second-order valence-electron chi connectivity index (χ2n) is 7.02. The van der Waals surface area contributed by atoms with Gasteiger partial charge in [-0.05, 0) is 25.7 Å². The zero-order valence-electron chi connectivity index (χ0n) is 13.0. The van der Waals surface area contributed by atoms with Crippen LogP contribution in [0.3, 0.4) is 0 Å². The van der Waals surface area contributed by atoms with E-state index in [4.69, 9.17) is 0 Å². The minimum Gasteiger partial charge on any atom is -0.314 e. The maximum Gasteiger partial charge on any atom is 0.147 e. The van der Waals surface area contributed by atoms with E-state index >= 15 is 0 Å². The highest BCUT2D eigenvalue weighted by Crippen LogP contribution is 2.35. The third-order valence-corrected chi connectivity index (χ3v) is 5.74. The van der Waals surface area contributed by atoms with E-state index in [0.29, 0.717) is 5.54 Å². The maximum atomic E-state index is 4.52. The average Bonchev–Trinajstić information content (AvgIpc) is 2.94. The third-order valence-electron chi connectivity index (χ3n) is 5.74. The zero-order chi connectivity index (χ0) is 14.1. The van der Waals surface area contributed by atoms with Gasteiger partial charge >= 0.3 is 0 Å². The number of nitrogens with one attached hydrogen (secondary N) is 1. The first-order valence-electron chi connectivity index (χ1n) is 8.74. The third kappa shape index (κ3) is 2.50. The molecule has 1 N–H and O–H groups in total. The van der Waals surface area contributed by atoms with Gasteiger partial charge in [0.15, 0.2) is 0 Å². The van der Waals surface area contributed by atoms with Crippen molar-refractivity contribution >= 4 is 0 Å². The SMILES string of the molecule is C1CCC2(CC1)CNCCN2Cc1nnc2n1CCCC2. The average molecular weight is 289 g/mol. The predicted octanol–water partition coefficient (Wildman–Crippen LogP) is 1.72. The Labute approximate surface area is 127 Å². The van der Waals surface area contributed by atoms with Crippen molar-refractivity contribution in [3.63, 3.8) is 0 Å². The second kappa shape index (κ2) is 5.69. The fourth-order valence-electron chi connectivity index (χ4n) is 4.49. The Morgan fingerprint density at radius 3 is 2.81 bits per heavy atom. The minimum atomic E-state index is 0.386. The molecule has 1 aromatic heterocycles. The van der Waals surface area contributed by atoms with Gasteiger partial charge in [0.25, 0.3) is 0 Å². The van der Waals surface area contributed by atoms with Crippen molar-refractivity contribution in [2.75, 3.05) is 19.6 Å². The smallest absolute Gasteiger partial charge is 0.147 e. The molecule has 1 aromatic rings. The Morgan fingerprint density at radius 1 is 1.00 bits per heavy atom. The van der Waals surface area contributed by atoms with E-state index in [0.717, 1.165) is 39.1 Å². The molecule has 3 aliphatic rings. The molecule has 5 nitrogen and oxygen atoms in total. The van der Waals surface area contributed by atoms with E-state index in [9.17, 15) is 0 Å². The molecule has 0 atom stereocenters. The Balaban J connectivity index is 1.55. The van der Waals surface area contributed by atoms with Crippen LogP contribution in [0.15, 0.2) is 0 Å². The van der Waals surface area contributed by atoms with Crippen LogP contribution < -0.4 is 5.32 Å². The van der Waals surface area contributed by atoms with E-state index in [1.807, 2.05) is 0 Å². The molecule has 1 saturated heterocycles. The summed E-state index contributed by atoms with van der Waals surface area (Å²) in [6.07, 6.45) is 10.5. The first-order valence-corrected chi connectivity index (χ1v) is 8.74. The summed E-state index contributed by atoms with van der Waals surface area (Å²) in [5.41, 5.74) is 0.386. The summed E-state index contributed by atoms with van der Waals surface area (Å²) in [7, 11) is 0. The lowest BCUT2D eigenvalue weighted by Gasteiger charge is -2.49. The summed E-state index contributed by atoms with van der Waals surface area (Å²) in [5.74, 6) is 2.42. The molecule has 4 rings (SSSR count). The lowest BCUT2D eigenvalue weighted by Crippen LogP contribution is -2.61. The van der Waals surface area contributed by atoms with Crippen molar-refractivity contribution in [3.8, 4) is 0 Å². The van der Waals surface area contributed by atoms with Gasteiger partial charge in [-0.3, -0.25) is 4.90 Å². The van der Waals surface area contributed by atoms with Gasteiger partial charge in [-0.2, -0.15) is 0 Å². The van der Waals surface area contributed by atoms with Gasteiger partial charge in [0.05, 0.1) is 6.54 Å². The molecule has 0 unspecified atom stereocenters. The van der Waals surface area contributed by atoms with Gasteiger partial charge in [0.2, 0.25) is 0 Å². The van der Waals surface area contributed by atoms with E-state index in [-0.39, 0.29) is 0 Å². The molecule has 1 saturated carbocycles. The molecule has 5 heteroatoms. The Bertz CT molecular complexity index is 481. The molecule has 1 spiro atoms. The summed E-state index contributed by atoms with van der Waals surface area (Å²) >= 11 is 0. The van der Waals surface area contributed by atoms with E-state index < -0.39 is 0 Å². The van der Waals surface area contributed by atoms with Crippen molar-refractivity contribution in [2.45, 2.75) is 70.0 Å². The molecule has 0 aromatic carbocycles. The number of nitrogens with zero attached hydrogens (tertiary/aromatic N) is 4. The summed E-state index contributed by atoms with van der Waals surface area (Å²) < 4.78 is 2.39. The molecule has 2 fully saturated rings. The quantitative estimate of drug-likeness (QED) is 0.900. The van der Waals surface area contributed by atoms with Gasteiger partial charge in [-0.15, -0.1) is 10.2 Å². The van der Waals surface area contributed by atoms with Gasteiger partial charge < -0.3 is 9.88 Å². The number of aryl methyl sites for hydroxylation is 1. The van der Waals surface area contributed by atoms with Gasteiger partial charge in [-0.25, -0.2) is 0 Å². The largest absolute Gasteiger partial charge is 0.314 e. The van der Waals surface area contributed by atoms with E-state index in [2.05, 4.69) is 25.0 Å². The van der Waals surface area contributed by atoms with Crippen molar-refractivity contribution in [1.29, 1.82) is 0 Å². The Hall–Kier alpha value is -0.940. The molecular weight excluding hydrogens is 262 g/mol. The topological polar surface area (TPSA) is 46.0 Å². The van der Waals surface area contributed by atoms with Crippen LogP contribution in [0.2, 0.25) is 0 Å². The molecule has 1 aliphatic carbocycles. The number of rotatable bonds is 2. The van der Waals surface area contributed by atoms with Crippen molar-refractivity contribution in [2.24, 2.45) is 0 Å². The van der Waals surface area contributed by atoms with Gasteiger partial charge in [-0.1, -0.05) is 19.3 Å². The van der Waals surface area contributed by atoms with Crippen molar-refractivity contribution < 1.29 is 0 Å².